The molecule has 0 saturated heterocycles. The minimum Gasteiger partial charge on any atom is -0.508 e. The average molecular weight is 530 g/mol. The van der Waals surface area contributed by atoms with E-state index in [1.54, 1.807) is 45.0 Å². The molecule has 0 unspecified atom stereocenters. The summed E-state index contributed by atoms with van der Waals surface area (Å²) in [6.45, 7) is 5.15. The molecule has 3 rings (SSSR count). The van der Waals surface area contributed by atoms with Crippen LogP contribution in [0.4, 0.5) is 0 Å². The highest BCUT2D eigenvalue weighted by atomic mass is 35.5. The van der Waals surface area contributed by atoms with Crippen molar-refractivity contribution in [2.24, 2.45) is 5.41 Å². The third kappa shape index (κ3) is 7.16. The molecule has 7 nitrogen and oxygen atoms in total. The molecule has 0 heterocycles. The van der Waals surface area contributed by atoms with Crippen molar-refractivity contribution in [1.82, 2.24) is 4.72 Å². The largest absolute Gasteiger partial charge is 0.508 e. The Kier molecular flexibility index (Phi) is 8.55. The van der Waals surface area contributed by atoms with Gasteiger partial charge >= 0.3 is 5.97 Å². The Labute approximate surface area is 216 Å². The van der Waals surface area contributed by atoms with E-state index in [0.29, 0.717) is 10.6 Å². The minimum atomic E-state index is -4.14. The second-order valence-electron chi connectivity index (χ2n) is 9.35. The van der Waals surface area contributed by atoms with Gasteiger partial charge in [0.05, 0.1) is 4.90 Å². The van der Waals surface area contributed by atoms with Crippen LogP contribution in [0.5, 0.6) is 5.75 Å². The van der Waals surface area contributed by atoms with Crippen LogP contribution < -0.4 is 4.72 Å². The zero-order valence-electron chi connectivity index (χ0n) is 20.2. The molecule has 190 valence electrons. The zero-order chi connectivity index (χ0) is 26.5. The van der Waals surface area contributed by atoms with Crippen LogP contribution in [-0.2, 0) is 32.6 Å². The molecule has 3 aromatic rings. The highest BCUT2D eigenvalue weighted by Gasteiger charge is 2.31. The van der Waals surface area contributed by atoms with Gasteiger partial charge in [0.2, 0.25) is 10.0 Å². The molecular formula is C27H28ClNO6S. The van der Waals surface area contributed by atoms with Gasteiger partial charge in [-0.25, -0.2) is 8.42 Å². The highest BCUT2D eigenvalue weighted by molar-refractivity contribution is 7.89. The van der Waals surface area contributed by atoms with Crippen LogP contribution in [0.2, 0.25) is 5.02 Å². The number of Topliss-reactive ketones (excluding diaryl/α,β-unsaturated/α-hetero) is 1. The molecule has 9 heteroatoms. The number of phenolic OH excluding ortho intramolecular Hbond substituents is 1. The lowest BCUT2D eigenvalue weighted by Crippen LogP contribution is -2.43. The molecule has 0 amide bonds. The number of hydrogen-bond acceptors (Lipinski definition) is 6. The van der Waals surface area contributed by atoms with Crippen molar-refractivity contribution in [3.05, 3.63) is 94.5 Å². The Morgan fingerprint density at radius 1 is 1.00 bits per heavy atom. The van der Waals surface area contributed by atoms with Gasteiger partial charge in [-0.3, -0.25) is 9.59 Å². The SMILES string of the molecule is CC(C)(C)C(=O)c1cc(O)ccc1C[C@H](NS(=O)(=O)c1ccc(Cl)cc1)C(=O)OCc1ccccc1. The van der Waals surface area contributed by atoms with Gasteiger partial charge in [-0.1, -0.05) is 68.8 Å². The second kappa shape index (κ2) is 11.2. The number of esters is 1. The molecule has 0 aliphatic heterocycles. The number of carbonyl (C=O) groups excluding carboxylic acids is 2. The number of sulfonamides is 1. The predicted octanol–water partition coefficient (Wildman–Crippen LogP) is 4.91. The molecule has 0 aliphatic rings. The highest BCUT2D eigenvalue weighted by Crippen LogP contribution is 2.27. The summed E-state index contributed by atoms with van der Waals surface area (Å²) in [6.07, 6.45) is -0.169. The number of halogens is 1. The van der Waals surface area contributed by atoms with E-state index in [-0.39, 0.29) is 35.0 Å². The summed E-state index contributed by atoms with van der Waals surface area (Å²) in [5.41, 5.74) is 0.565. The maximum Gasteiger partial charge on any atom is 0.324 e. The third-order valence-corrected chi connectivity index (χ3v) is 7.11. The second-order valence-corrected chi connectivity index (χ2v) is 11.5. The van der Waals surface area contributed by atoms with Gasteiger partial charge in [-0.15, -0.1) is 0 Å². The molecule has 0 aromatic heterocycles. The van der Waals surface area contributed by atoms with E-state index >= 15 is 0 Å². The van der Waals surface area contributed by atoms with Crippen LogP contribution in [0.1, 0.15) is 42.3 Å². The molecule has 2 N–H and O–H groups in total. The van der Waals surface area contributed by atoms with E-state index < -0.39 is 27.4 Å². The summed E-state index contributed by atoms with van der Waals surface area (Å²) in [7, 11) is -4.14. The monoisotopic (exact) mass is 529 g/mol. The van der Waals surface area contributed by atoms with Crippen LogP contribution in [0.25, 0.3) is 0 Å². The van der Waals surface area contributed by atoms with Crippen molar-refractivity contribution in [2.45, 2.75) is 44.7 Å². The molecule has 0 fully saturated rings. The van der Waals surface area contributed by atoms with Crippen LogP contribution in [0, 0.1) is 5.41 Å². The van der Waals surface area contributed by atoms with Crippen molar-refractivity contribution in [3.63, 3.8) is 0 Å². The topological polar surface area (TPSA) is 110 Å². The predicted molar refractivity (Wildman–Crippen MR) is 137 cm³/mol. The third-order valence-electron chi connectivity index (χ3n) is 5.37. The lowest BCUT2D eigenvalue weighted by atomic mass is 9.83. The molecule has 36 heavy (non-hydrogen) atoms. The van der Waals surface area contributed by atoms with E-state index in [4.69, 9.17) is 16.3 Å². The number of rotatable bonds is 9. The number of phenols is 1. The van der Waals surface area contributed by atoms with Crippen LogP contribution >= 0.6 is 11.6 Å². The number of ether oxygens (including phenoxy) is 1. The van der Waals surface area contributed by atoms with Crippen molar-refractivity contribution >= 4 is 33.4 Å². The fraction of sp³-hybridized carbons (Fsp3) is 0.259. The zero-order valence-corrected chi connectivity index (χ0v) is 21.8. The first-order valence-corrected chi connectivity index (χ1v) is 13.1. The van der Waals surface area contributed by atoms with E-state index in [2.05, 4.69) is 4.72 Å². The van der Waals surface area contributed by atoms with Crippen LogP contribution in [0.3, 0.4) is 0 Å². The molecule has 3 aromatic carbocycles. The first-order valence-electron chi connectivity index (χ1n) is 11.2. The molecule has 0 radical (unpaired) electrons. The van der Waals surface area contributed by atoms with Gasteiger partial charge < -0.3 is 9.84 Å². The Bertz CT molecular complexity index is 1330. The van der Waals surface area contributed by atoms with Crippen molar-refractivity contribution in [3.8, 4) is 5.75 Å². The lowest BCUT2D eigenvalue weighted by Gasteiger charge is -2.22. The number of ketones is 1. The van der Waals surface area contributed by atoms with Gasteiger partial charge in [0.15, 0.2) is 5.78 Å². The maximum atomic E-state index is 13.1. The molecule has 0 spiro atoms. The van der Waals surface area contributed by atoms with Crippen molar-refractivity contribution in [2.75, 3.05) is 0 Å². The number of carbonyl (C=O) groups is 2. The van der Waals surface area contributed by atoms with Crippen LogP contribution in [0.15, 0.2) is 77.7 Å². The van der Waals surface area contributed by atoms with Gasteiger partial charge in [-0.05, 0) is 47.5 Å². The standard InChI is InChI=1S/C27H28ClNO6S/c1-27(2,3)25(31)23-16-21(30)12-9-19(23)15-24(26(32)35-17-18-7-5-4-6-8-18)29-36(33,34)22-13-10-20(28)11-14-22/h4-14,16,24,29-30H,15,17H2,1-3H3/t24-/m0/s1. The summed E-state index contributed by atoms with van der Waals surface area (Å²) >= 11 is 5.88. The van der Waals surface area contributed by atoms with Gasteiger partial charge in [0.25, 0.3) is 0 Å². The summed E-state index contributed by atoms with van der Waals surface area (Å²) in [5, 5.41) is 10.4. The van der Waals surface area contributed by atoms with Crippen molar-refractivity contribution in [1.29, 1.82) is 0 Å². The minimum absolute atomic E-state index is 0.0534. The Morgan fingerprint density at radius 3 is 2.25 bits per heavy atom. The number of benzene rings is 3. The van der Waals surface area contributed by atoms with Crippen molar-refractivity contribution < 1.29 is 27.9 Å². The molecule has 0 saturated carbocycles. The average Bonchev–Trinajstić information content (AvgIpc) is 2.83. The van der Waals surface area contributed by atoms with E-state index in [1.165, 1.54) is 42.5 Å². The van der Waals surface area contributed by atoms with Crippen LogP contribution in [-0.4, -0.2) is 31.3 Å². The quantitative estimate of drug-likeness (QED) is 0.301. The van der Waals surface area contributed by atoms with E-state index in [1.807, 2.05) is 6.07 Å². The lowest BCUT2D eigenvalue weighted by molar-refractivity contribution is -0.147. The Balaban J connectivity index is 1.95. The van der Waals surface area contributed by atoms with E-state index in [0.717, 1.165) is 5.56 Å². The maximum absolute atomic E-state index is 13.1. The summed E-state index contributed by atoms with van der Waals surface area (Å²) < 4.78 is 34.0. The molecular weight excluding hydrogens is 502 g/mol. The first kappa shape index (κ1) is 27.4. The van der Waals surface area contributed by atoms with Gasteiger partial charge in [-0.2, -0.15) is 4.72 Å². The van der Waals surface area contributed by atoms with Gasteiger partial charge in [0.1, 0.15) is 18.4 Å². The number of aromatic hydroxyl groups is 1. The summed E-state index contributed by atoms with van der Waals surface area (Å²) in [5.74, 6) is -1.18. The molecule has 0 bridgehead atoms. The van der Waals surface area contributed by atoms with E-state index in [9.17, 15) is 23.1 Å². The summed E-state index contributed by atoms with van der Waals surface area (Å²) in [6, 6.07) is 17.4. The van der Waals surface area contributed by atoms with Gasteiger partial charge in [0, 0.05) is 22.4 Å². The fourth-order valence-corrected chi connectivity index (χ4v) is 4.76. The number of nitrogens with one attached hydrogen (secondary N) is 1. The summed E-state index contributed by atoms with van der Waals surface area (Å²) in [4.78, 5) is 26.1. The number of hydrogen-bond donors (Lipinski definition) is 2. The molecule has 1 atom stereocenters. The fourth-order valence-electron chi connectivity index (χ4n) is 3.45. The smallest absolute Gasteiger partial charge is 0.324 e. The molecule has 0 aliphatic carbocycles. The Morgan fingerprint density at radius 2 is 1.64 bits per heavy atom. The normalized spacial score (nSPS) is 12.7. The first-order chi connectivity index (χ1) is 16.9. The Hall–Kier alpha value is -3.20.